The van der Waals surface area contributed by atoms with Crippen molar-refractivity contribution in [2.24, 2.45) is 0 Å². The third kappa shape index (κ3) is 3.69. The highest BCUT2D eigenvalue weighted by Gasteiger charge is 2.65. The summed E-state index contributed by atoms with van der Waals surface area (Å²) in [5.41, 5.74) is -4.27. The Bertz CT molecular complexity index is 1300. The highest BCUT2D eigenvalue weighted by atomic mass is 32.1. The Kier molecular flexibility index (Phi) is 5.98. The molecule has 0 aliphatic carbocycles. The Labute approximate surface area is 201 Å². The van der Waals surface area contributed by atoms with Crippen LogP contribution >= 0.6 is 12.8 Å². The molecule has 8 nitrogen and oxygen atoms in total. The number of nitrogens with zero attached hydrogens (tertiary/aromatic N) is 3. The summed E-state index contributed by atoms with van der Waals surface area (Å²) in [4.78, 5) is 39.1. The summed E-state index contributed by atoms with van der Waals surface area (Å²) >= 11 is 3.94. The molecule has 0 aromatic heterocycles. The van der Waals surface area contributed by atoms with Gasteiger partial charge in [0.05, 0.1) is 29.4 Å². The van der Waals surface area contributed by atoms with Gasteiger partial charge in [-0.15, -0.1) is 0 Å². The van der Waals surface area contributed by atoms with Crippen LogP contribution in [-0.4, -0.2) is 41.3 Å². The first kappa shape index (κ1) is 24.5. The van der Waals surface area contributed by atoms with Crippen molar-refractivity contribution >= 4 is 36.3 Å². The molecule has 0 unspecified atom stereocenters. The number of anilines is 1. The first-order chi connectivity index (χ1) is 16.5. The van der Waals surface area contributed by atoms with E-state index in [1.807, 2.05) is 0 Å². The van der Waals surface area contributed by atoms with Gasteiger partial charge in [-0.1, -0.05) is 18.9 Å². The average Bonchev–Trinajstić information content (AvgIpc) is 3.34. The van der Waals surface area contributed by atoms with Gasteiger partial charge in [-0.25, -0.2) is 13.5 Å². The molecular formula is C22H16F4N4O4S. The number of urea groups is 1. The highest BCUT2D eigenvalue weighted by Crippen LogP contribution is 2.50. The third-order valence-electron chi connectivity index (χ3n) is 5.99. The maximum atomic E-state index is 14.7. The average molecular weight is 508 g/mol. The fraction of sp³-hybridized carbons (Fsp3) is 0.273. The van der Waals surface area contributed by atoms with Crippen molar-refractivity contribution in [2.75, 3.05) is 18.6 Å². The third-order valence-corrected chi connectivity index (χ3v) is 6.34. The standard InChI is InChI=1S/C22H16F4N4O4S/c1-28-18(31)14-5-4-13(9-16(14)23)29-20(33)30(35)19(32)21(29)6-7-34-17(21)11-2-3-12(10-27)15(8-11)22(24,25)26/h2-5,8-9,17,35H,6-7H2,1H3,(H,28,31)/t17-,21-/m0/s1. The number of alkyl halides is 3. The summed E-state index contributed by atoms with van der Waals surface area (Å²) in [6.45, 7) is -0.109. The zero-order chi connectivity index (χ0) is 25.7. The first-order valence-corrected chi connectivity index (χ1v) is 10.5. The monoisotopic (exact) mass is 508 g/mol. The zero-order valence-electron chi connectivity index (χ0n) is 17.9. The summed E-state index contributed by atoms with van der Waals surface area (Å²) in [6, 6.07) is 6.60. The number of thiol groups is 1. The number of amides is 4. The molecule has 182 valence electrons. The maximum absolute atomic E-state index is 14.7. The van der Waals surface area contributed by atoms with E-state index in [9.17, 15) is 31.9 Å². The normalized spacial score (nSPS) is 22.1. The van der Waals surface area contributed by atoms with Gasteiger partial charge >= 0.3 is 12.2 Å². The molecule has 13 heteroatoms. The van der Waals surface area contributed by atoms with Crippen LogP contribution < -0.4 is 10.2 Å². The Balaban J connectivity index is 1.88. The predicted octanol–water partition coefficient (Wildman–Crippen LogP) is 3.59. The molecule has 35 heavy (non-hydrogen) atoms. The van der Waals surface area contributed by atoms with Crippen LogP contribution in [0.25, 0.3) is 0 Å². The maximum Gasteiger partial charge on any atom is 0.417 e. The van der Waals surface area contributed by atoms with Gasteiger partial charge in [0.2, 0.25) is 0 Å². The van der Waals surface area contributed by atoms with E-state index in [0.29, 0.717) is 10.4 Å². The molecule has 2 heterocycles. The number of ether oxygens (including phenoxy) is 1. The van der Waals surface area contributed by atoms with Crippen LogP contribution in [0.4, 0.5) is 28.0 Å². The SMILES string of the molecule is CNC(=O)c1ccc(N2C(=O)N(S)C(=O)[C@@]23CCO[C@H]3c2ccc(C#N)c(C(F)(F)F)c2)cc1F. The molecular weight excluding hydrogens is 492 g/mol. The molecule has 0 radical (unpaired) electrons. The van der Waals surface area contributed by atoms with Crippen LogP contribution in [0.15, 0.2) is 36.4 Å². The Morgan fingerprint density at radius 1 is 1.26 bits per heavy atom. The molecule has 2 aliphatic rings. The summed E-state index contributed by atoms with van der Waals surface area (Å²) in [5, 5.41) is 11.4. The van der Waals surface area contributed by atoms with Crippen molar-refractivity contribution < 1.29 is 36.7 Å². The van der Waals surface area contributed by atoms with Crippen LogP contribution in [0.1, 0.15) is 39.6 Å². The van der Waals surface area contributed by atoms with Gasteiger partial charge < -0.3 is 10.1 Å². The van der Waals surface area contributed by atoms with E-state index in [1.54, 1.807) is 0 Å². The zero-order valence-corrected chi connectivity index (χ0v) is 18.8. The molecule has 2 atom stereocenters. The number of hydrogen-bond donors (Lipinski definition) is 2. The number of hydrogen-bond acceptors (Lipinski definition) is 6. The van der Waals surface area contributed by atoms with E-state index in [-0.39, 0.29) is 29.8 Å². The van der Waals surface area contributed by atoms with Gasteiger partial charge in [0, 0.05) is 19.2 Å². The number of nitriles is 1. The lowest BCUT2D eigenvalue weighted by Crippen LogP contribution is -2.52. The van der Waals surface area contributed by atoms with Crippen LogP contribution in [0.5, 0.6) is 0 Å². The van der Waals surface area contributed by atoms with Crippen molar-refractivity contribution in [3.63, 3.8) is 0 Å². The lowest BCUT2D eigenvalue weighted by atomic mass is 9.84. The minimum absolute atomic E-state index is 0.105. The fourth-order valence-electron chi connectivity index (χ4n) is 4.41. The molecule has 0 saturated carbocycles. The molecule has 2 aromatic carbocycles. The Hall–Kier alpha value is -3.63. The highest BCUT2D eigenvalue weighted by molar-refractivity contribution is 7.79. The summed E-state index contributed by atoms with van der Waals surface area (Å²) < 4.78 is 61.6. The molecule has 2 aliphatic heterocycles. The van der Waals surface area contributed by atoms with E-state index < -0.39 is 52.6 Å². The molecule has 1 spiro atoms. The van der Waals surface area contributed by atoms with E-state index in [2.05, 4.69) is 18.1 Å². The second-order valence-corrected chi connectivity index (χ2v) is 8.22. The van der Waals surface area contributed by atoms with Crippen molar-refractivity contribution in [2.45, 2.75) is 24.2 Å². The van der Waals surface area contributed by atoms with E-state index in [0.717, 1.165) is 23.1 Å². The predicted molar refractivity (Wildman–Crippen MR) is 116 cm³/mol. The molecule has 1 N–H and O–H groups in total. The Morgan fingerprint density at radius 2 is 1.97 bits per heavy atom. The molecule has 2 saturated heterocycles. The topological polar surface area (TPSA) is 103 Å². The number of halogens is 4. The van der Waals surface area contributed by atoms with Crippen molar-refractivity contribution in [3.05, 3.63) is 64.5 Å². The second-order valence-electron chi connectivity index (χ2n) is 7.82. The van der Waals surface area contributed by atoms with Gasteiger partial charge in [-0.3, -0.25) is 14.5 Å². The number of nitrogens with one attached hydrogen (secondary N) is 1. The lowest BCUT2D eigenvalue weighted by Gasteiger charge is -2.35. The molecule has 4 rings (SSSR count). The van der Waals surface area contributed by atoms with E-state index in [1.165, 1.54) is 25.2 Å². The number of rotatable bonds is 3. The Morgan fingerprint density at radius 3 is 2.57 bits per heavy atom. The molecule has 2 fully saturated rings. The van der Waals surface area contributed by atoms with Crippen LogP contribution in [0, 0.1) is 17.1 Å². The first-order valence-electron chi connectivity index (χ1n) is 10.1. The van der Waals surface area contributed by atoms with Crippen molar-refractivity contribution in [1.29, 1.82) is 5.26 Å². The number of imide groups is 1. The largest absolute Gasteiger partial charge is 0.417 e. The molecule has 0 bridgehead atoms. The van der Waals surface area contributed by atoms with Crippen LogP contribution in [0.3, 0.4) is 0 Å². The smallest absolute Gasteiger partial charge is 0.370 e. The van der Waals surface area contributed by atoms with Gasteiger partial charge in [-0.2, -0.15) is 18.4 Å². The van der Waals surface area contributed by atoms with Gasteiger partial charge in [0.1, 0.15) is 11.9 Å². The summed E-state index contributed by atoms with van der Waals surface area (Å²) in [5.74, 6) is -2.58. The molecule has 4 amide bonds. The molecule has 2 aromatic rings. The number of carbonyl (C=O) groups is 3. The summed E-state index contributed by atoms with van der Waals surface area (Å²) in [7, 11) is 1.30. The van der Waals surface area contributed by atoms with Crippen LogP contribution in [0.2, 0.25) is 0 Å². The van der Waals surface area contributed by atoms with Gasteiger partial charge in [0.15, 0.2) is 5.54 Å². The minimum Gasteiger partial charge on any atom is -0.370 e. The minimum atomic E-state index is -4.86. The number of benzene rings is 2. The van der Waals surface area contributed by atoms with Crippen molar-refractivity contribution in [1.82, 2.24) is 9.62 Å². The van der Waals surface area contributed by atoms with Gasteiger partial charge in [-0.05, 0) is 35.9 Å². The van der Waals surface area contributed by atoms with Crippen molar-refractivity contribution in [3.8, 4) is 6.07 Å². The number of carbonyl (C=O) groups excluding carboxylic acids is 3. The van der Waals surface area contributed by atoms with Gasteiger partial charge in [0.25, 0.3) is 11.8 Å². The summed E-state index contributed by atoms with van der Waals surface area (Å²) in [6.07, 6.45) is -6.37. The van der Waals surface area contributed by atoms with Crippen LogP contribution in [-0.2, 0) is 15.7 Å². The second kappa shape index (κ2) is 8.54. The fourth-order valence-corrected chi connectivity index (χ4v) is 4.68. The lowest BCUT2D eigenvalue weighted by molar-refractivity contribution is -0.137. The quantitative estimate of drug-likeness (QED) is 0.375. The van der Waals surface area contributed by atoms with E-state index in [4.69, 9.17) is 10.00 Å². The van der Waals surface area contributed by atoms with E-state index >= 15 is 0 Å².